The fourth-order valence-electron chi connectivity index (χ4n) is 1.02. The maximum Gasteiger partial charge on any atom is 0.305 e. The first-order valence-corrected chi connectivity index (χ1v) is 5.19. The van der Waals surface area contributed by atoms with Crippen LogP contribution in [0.25, 0.3) is 0 Å². The Morgan fingerprint density at radius 1 is 1.21 bits per heavy atom. The maximum absolute atomic E-state index is 10.7. The number of hydrogen-bond acceptors (Lipinski definition) is 2. The molecule has 0 saturated carbocycles. The lowest BCUT2D eigenvalue weighted by molar-refractivity contribution is -0.140. The summed E-state index contributed by atoms with van der Waals surface area (Å²) in [6.45, 7) is 2.11. The summed E-state index contributed by atoms with van der Waals surface area (Å²) in [4.78, 5) is 10.7. The monoisotopic (exact) mass is 196 g/mol. The van der Waals surface area contributed by atoms with Gasteiger partial charge in [-0.25, -0.2) is 0 Å². The summed E-state index contributed by atoms with van der Waals surface area (Å²) in [5.41, 5.74) is 0. The molecule has 0 unspecified atom stereocenters. The molecule has 0 saturated heterocycles. The molecule has 0 bridgehead atoms. The van der Waals surface area contributed by atoms with Gasteiger partial charge in [-0.1, -0.05) is 31.2 Å². The number of allylic oxidation sites excluding steroid dienone is 4. The number of carbonyl (C=O) groups is 1. The fraction of sp³-hybridized carbons (Fsp3) is 0.583. The van der Waals surface area contributed by atoms with Gasteiger partial charge in [-0.2, -0.15) is 0 Å². The highest BCUT2D eigenvalue weighted by Gasteiger charge is 1.97. The van der Waals surface area contributed by atoms with Gasteiger partial charge in [0.05, 0.1) is 7.11 Å². The Bertz CT molecular complexity index is 192. The molecule has 0 aromatic heterocycles. The van der Waals surface area contributed by atoms with E-state index >= 15 is 0 Å². The zero-order valence-electron chi connectivity index (χ0n) is 9.16. The predicted octanol–water partition coefficient (Wildman–Crippen LogP) is 3.24. The molecular weight excluding hydrogens is 176 g/mol. The van der Waals surface area contributed by atoms with Crippen molar-refractivity contribution < 1.29 is 9.53 Å². The number of methoxy groups -OCH3 is 1. The first kappa shape index (κ1) is 12.9. The van der Waals surface area contributed by atoms with E-state index in [1.54, 1.807) is 0 Å². The lowest BCUT2D eigenvalue weighted by Gasteiger charge is -1.96. The smallest absolute Gasteiger partial charge is 0.305 e. The molecule has 0 atom stereocenters. The van der Waals surface area contributed by atoms with Crippen molar-refractivity contribution in [1.29, 1.82) is 0 Å². The number of rotatable bonds is 7. The van der Waals surface area contributed by atoms with Crippen LogP contribution in [0, 0.1) is 0 Å². The molecule has 0 N–H and O–H groups in total. The van der Waals surface area contributed by atoms with E-state index in [-0.39, 0.29) is 5.97 Å². The van der Waals surface area contributed by atoms with Crippen LogP contribution in [0.4, 0.5) is 0 Å². The average molecular weight is 196 g/mol. The lowest BCUT2D eigenvalue weighted by atomic mass is 10.2. The van der Waals surface area contributed by atoms with Gasteiger partial charge in [0.1, 0.15) is 0 Å². The first-order valence-electron chi connectivity index (χ1n) is 5.19. The Morgan fingerprint density at radius 2 is 1.93 bits per heavy atom. The van der Waals surface area contributed by atoms with E-state index in [0.29, 0.717) is 6.42 Å². The predicted molar refractivity (Wildman–Crippen MR) is 59.1 cm³/mol. The third kappa shape index (κ3) is 9.04. The number of carbonyl (C=O) groups excluding carboxylic acids is 1. The lowest BCUT2D eigenvalue weighted by Crippen LogP contribution is -1.98. The van der Waals surface area contributed by atoms with Gasteiger partial charge in [-0.15, -0.1) is 0 Å². The van der Waals surface area contributed by atoms with E-state index in [0.717, 1.165) is 25.7 Å². The van der Waals surface area contributed by atoms with Gasteiger partial charge in [0.2, 0.25) is 0 Å². The molecular formula is C12H20O2. The first-order chi connectivity index (χ1) is 6.81. The van der Waals surface area contributed by atoms with Gasteiger partial charge in [0, 0.05) is 6.42 Å². The van der Waals surface area contributed by atoms with E-state index in [1.807, 2.05) is 0 Å². The highest BCUT2D eigenvalue weighted by molar-refractivity contribution is 5.68. The minimum atomic E-state index is -0.111. The minimum Gasteiger partial charge on any atom is -0.469 e. The van der Waals surface area contributed by atoms with Crippen LogP contribution in [-0.4, -0.2) is 13.1 Å². The molecule has 0 aliphatic rings. The van der Waals surface area contributed by atoms with Crippen molar-refractivity contribution in [2.75, 3.05) is 7.11 Å². The number of ether oxygens (including phenoxy) is 1. The maximum atomic E-state index is 10.7. The van der Waals surface area contributed by atoms with Gasteiger partial charge in [-0.05, 0) is 25.7 Å². The van der Waals surface area contributed by atoms with Crippen LogP contribution in [0.3, 0.4) is 0 Å². The van der Waals surface area contributed by atoms with Crippen LogP contribution >= 0.6 is 0 Å². The standard InChI is InChI=1S/C12H20O2/c1-3-4-5-6-7-8-9-10-11-12(13)14-2/h4-7H,3,8-11H2,1-2H3. The minimum absolute atomic E-state index is 0.111. The second-order valence-electron chi connectivity index (χ2n) is 3.09. The molecule has 2 nitrogen and oxygen atoms in total. The molecule has 0 fully saturated rings. The molecule has 0 aliphatic carbocycles. The Hall–Kier alpha value is -1.05. The molecule has 0 heterocycles. The highest BCUT2D eigenvalue weighted by Crippen LogP contribution is 2.01. The van der Waals surface area contributed by atoms with Crippen LogP contribution in [0.1, 0.15) is 39.0 Å². The summed E-state index contributed by atoms with van der Waals surface area (Å²) >= 11 is 0. The molecule has 14 heavy (non-hydrogen) atoms. The number of esters is 1. The Kier molecular flexibility index (Phi) is 9.28. The van der Waals surface area contributed by atoms with Crippen molar-refractivity contribution in [2.45, 2.75) is 39.0 Å². The number of hydrogen-bond donors (Lipinski definition) is 0. The number of unbranched alkanes of at least 4 members (excludes halogenated alkanes) is 2. The van der Waals surface area contributed by atoms with Gasteiger partial charge >= 0.3 is 5.97 Å². The summed E-state index contributed by atoms with van der Waals surface area (Å²) in [5, 5.41) is 0. The fourth-order valence-corrected chi connectivity index (χ4v) is 1.02. The zero-order valence-corrected chi connectivity index (χ0v) is 9.16. The van der Waals surface area contributed by atoms with Crippen molar-refractivity contribution in [2.24, 2.45) is 0 Å². The summed E-state index contributed by atoms with van der Waals surface area (Å²) in [7, 11) is 1.43. The molecule has 0 spiro atoms. The van der Waals surface area contributed by atoms with Crippen molar-refractivity contribution in [3.8, 4) is 0 Å². The summed E-state index contributed by atoms with van der Waals surface area (Å²) in [6.07, 6.45) is 13.0. The van der Waals surface area contributed by atoms with Gasteiger partial charge < -0.3 is 4.74 Å². The van der Waals surface area contributed by atoms with Gasteiger partial charge in [0.15, 0.2) is 0 Å². The molecule has 0 aromatic carbocycles. The quantitative estimate of drug-likeness (QED) is 0.355. The molecule has 2 heteroatoms. The molecule has 0 amide bonds. The van der Waals surface area contributed by atoms with Crippen molar-refractivity contribution in [1.82, 2.24) is 0 Å². The molecule has 0 aromatic rings. The summed E-state index contributed by atoms with van der Waals surface area (Å²) in [6, 6.07) is 0. The summed E-state index contributed by atoms with van der Waals surface area (Å²) in [5.74, 6) is -0.111. The van der Waals surface area contributed by atoms with Crippen LogP contribution in [0.15, 0.2) is 24.3 Å². The van der Waals surface area contributed by atoms with E-state index in [9.17, 15) is 4.79 Å². The van der Waals surface area contributed by atoms with Gasteiger partial charge in [0.25, 0.3) is 0 Å². The third-order valence-electron chi connectivity index (χ3n) is 1.85. The summed E-state index contributed by atoms with van der Waals surface area (Å²) < 4.78 is 4.54. The van der Waals surface area contributed by atoms with E-state index < -0.39 is 0 Å². The van der Waals surface area contributed by atoms with Crippen LogP contribution in [-0.2, 0) is 9.53 Å². The van der Waals surface area contributed by atoms with E-state index in [1.165, 1.54) is 7.11 Å². The van der Waals surface area contributed by atoms with Crippen molar-refractivity contribution in [3.63, 3.8) is 0 Å². The van der Waals surface area contributed by atoms with E-state index in [2.05, 4.69) is 36.0 Å². The Morgan fingerprint density at radius 3 is 2.57 bits per heavy atom. The van der Waals surface area contributed by atoms with E-state index in [4.69, 9.17) is 0 Å². The Balaban J connectivity index is 3.25. The molecule has 0 aliphatic heterocycles. The topological polar surface area (TPSA) is 26.3 Å². The Labute approximate surface area is 86.6 Å². The van der Waals surface area contributed by atoms with Crippen LogP contribution < -0.4 is 0 Å². The third-order valence-corrected chi connectivity index (χ3v) is 1.85. The highest BCUT2D eigenvalue weighted by atomic mass is 16.5. The average Bonchev–Trinajstić information content (AvgIpc) is 2.21. The van der Waals surface area contributed by atoms with Gasteiger partial charge in [-0.3, -0.25) is 4.79 Å². The second kappa shape index (κ2) is 10.0. The largest absolute Gasteiger partial charge is 0.469 e. The molecule has 0 radical (unpaired) electrons. The van der Waals surface area contributed by atoms with Crippen molar-refractivity contribution in [3.05, 3.63) is 24.3 Å². The molecule has 80 valence electrons. The van der Waals surface area contributed by atoms with Crippen LogP contribution in [0.5, 0.6) is 0 Å². The second-order valence-corrected chi connectivity index (χ2v) is 3.09. The van der Waals surface area contributed by atoms with Crippen LogP contribution in [0.2, 0.25) is 0 Å². The zero-order chi connectivity index (χ0) is 10.6. The SMILES string of the molecule is CCC=CC=CCCCCC(=O)OC. The normalized spacial score (nSPS) is 11.3. The van der Waals surface area contributed by atoms with Crippen molar-refractivity contribution >= 4 is 5.97 Å². The molecule has 0 rings (SSSR count).